The van der Waals surface area contributed by atoms with Crippen LogP contribution < -0.4 is 4.90 Å². The summed E-state index contributed by atoms with van der Waals surface area (Å²) in [6.07, 6.45) is 6.98. The van der Waals surface area contributed by atoms with E-state index in [1.165, 1.54) is 32.1 Å². The van der Waals surface area contributed by atoms with Crippen molar-refractivity contribution in [1.82, 2.24) is 4.98 Å². The van der Waals surface area contributed by atoms with Crippen LogP contribution in [0.5, 0.6) is 0 Å². The van der Waals surface area contributed by atoms with Crippen molar-refractivity contribution in [2.45, 2.75) is 44.4 Å². The summed E-state index contributed by atoms with van der Waals surface area (Å²) in [6, 6.07) is 7.81. The predicted octanol–water partition coefficient (Wildman–Crippen LogP) is 4.27. The number of amides is 1. The van der Waals surface area contributed by atoms with Gasteiger partial charge in [0.05, 0.1) is 16.6 Å². The van der Waals surface area contributed by atoms with Gasteiger partial charge < -0.3 is 4.90 Å². The van der Waals surface area contributed by atoms with Crippen LogP contribution in [0, 0.1) is 11.3 Å². The third-order valence-electron chi connectivity index (χ3n) is 5.09. The molecule has 0 saturated heterocycles. The van der Waals surface area contributed by atoms with E-state index in [2.05, 4.69) is 11.1 Å². The smallest absolute Gasteiger partial charge is 0.277 e. The Kier molecular flexibility index (Phi) is 4.07. The van der Waals surface area contributed by atoms with Crippen LogP contribution in [0.2, 0.25) is 0 Å². The van der Waals surface area contributed by atoms with E-state index in [1.54, 1.807) is 16.2 Å². The number of carbonyl (C=O) groups excluding carboxylic acids is 1. The number of rotatable bonds is 2. The third-order valence-corrected chi connectivity index (χ3v) is 6.10. The molecule has 2 aromatic rings. The minimum atomic E-state index is -0.0397. The number of nitrogens with zero attached hydrogens (tertiary/aromatic N) is 3. The molecule has 2 heterocycles. The van der Waals surface area contributed by atoms with Crippen molar-refractivity contribution in [3.05, 3.63) is 45.4 Å². The van der Waals surface area contributed by atoms with Crippen LogP contribution in [0.3, 0.4) is 0 Å². The topological polar surface area (TPSA) is 57.0 Å². The Morgan fingerprint density at radius 1 is 1.29 bits per heavy atom. The Bertz CT molecular complexity index is 814. The summed E-state index contributed by atoms with van der Waals surface area (Å²) in [5.41, 5.74) is 3.07. The lowest BCUT2D eigenvalue weighted by atomic mass is 9.90. The van der Waals surface area contributed by atoms with E-state index in [1.807, 2.05) is 23.6 Å². The zero-order valence-corrected chi connectivity index (χ0v) is 14.3. The summed E-state index contributed by atoms with van der Waals surface area (Å²) in [5.74, 6) is 0.489. The maximum atomic E-state index is 12.9. The molecular formula is C19H19N3OS. The molecule has 4 rings (SSSR count). The normalized spacial score (nSPS) is 17.5. The molecule has 0 spiro atoms. The second kappa shape index (κ2) is 6.37. The van der Waals surface area contributed by atoms with Gasteiger partial charge in [-0.05, 0) is 37.0 Å². The van der Waals surface area contributed by atoms with Crippen molar-refractivity contribution < 1.29 is 4.79 Å². The minimum absolute atomic E-state index is 0.0397. The molecule has 1 amide bonds. The first-order chi connectivity index (χ1) is 11.8. The maximum absolute atomic E-state index is 12.9. The molecule has 1 aliphatic carbocycles. The molecule has 0 radical (unpaired) electrons. The number of thiazole rings is 1. The third kappa shape index (κ3) is 2.61. The second-order valence-corrected chi connectivity index (χ2v) is 7.42. The van der Waals surface area contributed by atoms with Gasteiger partial charge in [0.1, 0.15) is 5.69 Å². The SMILES string of the molecule is N#Cc1cccc2c1CCN2C(=O)c1csc(C2CCCCC2)n1. The number of carbonyl (C=O) groups is 1. The number of nitriles is 1. The van der Waals surface area contributed by atoms with Crippen molar-refractivity contribution in [2.24, 2.45) is 0 Å². The summed E-state index contributed by atoms with van der Waals surface area (Å²) in [5, 5.41) is 12.2. The molecule has 0 unspecified atom stereocenters. The fourth-order valence-corrected chi connectivity index (χ4v) is 4.78. The van der Waals surface area contributed by atoms with Gasteiger partial charge in [-0.3, -0.25) is 4.79 Å². The van der Waals surface area contributed by atoms with Crippen molar-refractivity contribution in [3.63, 3.8) is 0 Å². The monoisotopic (exact) mass is 337 g/mol. The average Bonchev–Trinajstić information content (AvgIpc) is 3.29. The van der Waals surface area contributed by atoms with Crippen LogP contribution in [0.4, 0.5) is 5.69 Å². The first-order valence-electron chi connectivity index (χ1n) is 8.57. The first kappa shape index (κ1) is 15.3. The van der Waals surface area contributed by atoms with Crippen LogP contribution in [0.15, 0.2) is 23.6 Å². The molecule has 0 atom stereocenters. The van der Waals surface area contributed by atoms with Gasteiger partial charge in [0, 0.05) is 23.5 Å². The molecule has 2 aliphatic rings. The van der Waals surface area contributed by atoms with Gasteiger partial charge in [-0.15, -0.1) is 11.3 Å². The Balaban J connectivity index is 1.58. The van der Waals surface area contributed by atoms with E-state index >= 15 is 0 Å². The van der Waals surface area contributed by atoms with Crippen LogP contribution in [0.1, 0.15) is 64.6 Å². The van der Waals surface area contributed by atoms with Crippen molar-refractivity contribution in [3.8, 4) is 6.07 Å². The van der Waals surface area contributed by atoms with Crippen molar-refractivity contribution >= 4 is 22.9 Å². The fraction of sp³-hybridized carbons (Fsp3) is 0.421. The highest BCUT2D eigenvalue weighted by atomic mass is 32.1. The summed E-state index contributed by atoms with van der Waals surface area (Å²) in [7, 11) is 0. The lowest BCUT2D eigenvalue weighted by Gasteiger charge is -2.19. The molecule has 1 fully saturated rings. The van der Waals surface area contributed by atoms with E-state index in [9.17, 15) is 10.1 Å². The summed E-state index contributed by atoms with van der Waals surface area (Å²) < 4.78 is 0. The molecule has 0 N–H and O–H groups in total. The molecule has 5 heteroatoms. The summed E-state index contributed by atoms with van der Waals surface area (Å²) in [6.45, 7) is 0.628. The lowest BCUT2D eigenvalue weighted by Crippen LogP contribution is -2.29. The van der Waals surface area contributed by atoms with Gasteiger partial charge in [-0.25, -0.2) is 4.98 Å². The van der Waals surface area contributed by atoms with E-state index < -0.39 is 0 Å². The number of fused-ring (bicyclic) bond motifs is 1. The number of anilines is 1. The molecule has 4 nitrogen and oxygen atoms in total. The Morgan fingerprint density at radius 2 is 2.12 bits per heavy atom. The summed E-state index contributed by atoms with van der Waals surface area (Å²) >= 11 is 1.62. The molecular weight excluding hydrogens is 318 g/mol. The van der Waals surface area contributed by atoms with E-state index in [-0.39, 0.29) is 5.91 Å². The van der Waals surface area contributed by atoms with E-state index in [4.69, 9.17) is 0 Å². The molecule has 122 valence electrons. The number of aromatic nitrogens is 1. The van der Waals surface area contributed by atoms with Gasteiger partial charge in [-0.1, -0.05) is 25.3 Å². The van der Waals surface area contributed by atoms with Gasteiger partial charge in [-0.2, -0.15) is 5.26 Å². The first-order valence-corrected chi connectivity index (χ1v) is 9.45. The highest BCUT2D eigenvalue weighted by molar-refractivity contribution is 7.10. The Hall–Kier alpha value is -2.19. The number of benzene rings is 1. The molecule has 0 bridgehead atoms. The highest BCUT2D eigenvalue weighted by Gasteiger charge is 2.29. The number of hydrogen-bond acceptors (Lipinski definition) is 4. The predicted molar refractivity (Wildman–Crippen MR) is 94.5 cm³/mol. The Morgan fingerprint density at radius 3 is 2.92 bits per heavy atom. The largest absolute Gasteiger partial charge is 0.306 e. The average molecular weight is 337 g/mol. The second-order valence-electron chi connectivity index (χ2n) is 6.53. The highest BCUT2D eigenvalue weighted by Crippen LogP contribution is 2.35. The summed E-state index contributed by atoms with van der Waals surface area (Å²) in [4.78, 5) is 19.3. The van der Waals surface area contributed by atoms with Crippen molar-refractivity contribution in [1.29, 1.82) is 5.26 Å². The van der Waals surface area contributed by atoms with Gasteiger partial charge in [0.25, 0.3) is 5.91 Å². The quantitative estimate of drug-likeness (QED) is 0.822. The molecule has 1 aromatic carbocycles. The fourth-order valence-electron chi connectivity index (χ4n) is 3.81. The lowest BCUT2D eigenvalue weighted by molar-refractivity contribution is 0.0985. The molecule has 1 aromatic heterocycles. The van der Waals surface area contributed by atoms with Crippen LogP contribution in [-0.4, -0.2) is 17.4 Å². The zero-order chi connectivity index (χ0) is 16.5. The zero-order valence-electron chi connectivity index (χ0n) is 13.5. The van der Waals surface area contributed by atoms with E-state index in [0.717, 1.165) is 22.7 Å². The van der Waals surface area contributed by atoms with Crippen molar-refractivity contribution in [2.75, 3.05) is 11.4 Å². The Labute approximate surface area is 145 Å². The minimum Gasteiger partial charge on any atom is -0.306 e. The number of hydrogen-bond donors (Lipinski definition) is 0. The van der Waals surface area contributed by atoms with Crippen LogP contribution >= 0.6 is 11.3 Å². The van der Waals surface area contributed by atoms with Crippen LogP contribution in [0.25, 0.3) is 0 Å². The van der Waals surface area contributed by atoms with Gasteiger partial charge in [0.2, 0.25) is 0 Å². The molecule has 24 heavy (non-hydrogen) atoms. The molecule has 1 saturated carbocycles. The van der Waals surface area contributed by atoms with Crippen LogP contribution in [-0.2, 0) is 6.42 Å². The van der Waals surface area contributed by atoms with E-state index in [0.29, 0.717) is 23.7 Å². The molecule has 1 aliphatic heterocycles. The van der Waals surface area contributed by atoms with Gasteiger partial charge >= 0.3 is 0 Å². The standard InChI is InChI=1S/C19H19N3OS/c20-11-14-7-4-8-17-15(14)9-10-22(17)19(23)16-12-24-18(21-16)13-5-2-1-3-6-13/h4,7-8,12-13H,1-3,5-6,9-10H2. The van der Waals surface area contributed by atoms with Gasteiger partial charge in [0.15, 0.2) is 0 Å². The maximum Gasteiger partial charge on any atom is 0.277 e.